The van der Waals surface area contributed by atoms with Crippen LogP contribution in [0.5, 0.6) is 0 Å². The number of allylic oxidation sites excluding steroid dienone is 4. The highest BCUT2D eigenvalue weighted by molar-refractivity contribution is 5.98. The summed E-state index contributed by atoms with van der Waals surface area (Å²) in [6.45, 7) is 2.60. The van der Waals surface area contributed by atoms with Gasteiger partial charge in [0.2, 0.25) is 0 Å². The smallest absolute Gasteiger partial charge is 0.145 e. The van der Waals surface area contributed by atoms with Crippen LogP contribution in [0.25, 0.3) is 84.2 Å². The van der Waals surface area contributed by atoms with E-state index >= 15 is 0 Å². The largest absolute Gasteiger partial charge is 0.319 e. The van der Waals surface area contributed by atoms with Crippen LogP contribution in [-0.2, 0) is 6.54 Å². The molecule has 3 heterocycles. The van der Waals surface area contributed by atoms with E-state index in [4.69, 9.17) is 15.0 Å². The van der Waals surface area contributed by atoms with Gasteiger partial charge >= 0.3 is 0 Å². The molecule has 7 aromatic carbocycles. The third kappa shape index (κ3) is 6.04. The van der Waals surface area contributed by atoms with Gasteiger partial charge in [-0.2, -0.15) is 0 Å². The molecule has 0 saturated carbocycles. The molecule has 0 atom stereocenters. The van der Waals surface area contributed by atoms with E-state index in [9.17, 15) is 0 Å². The Bertz CT molecular complexity index is 3090. The molecule has 3 aromatic heterocycles. The highest BCUT2D eigenvalue weighted by Crippen LogP contribution is 2.39. The van der Waals surface area contributed by atoms with Crippen molar-refractivity contribution in [2.75, 3.05) is 0 Å². The third-order valence-corrected chi connectivity index (χ3v) is 10.5. The Morgan fingerprint density at radius 1 is 0.456 bits per heavy atom. The molecular weight excluding hydrogens is 697 g/mol. The van der Waals surface area contributed by atoms with Crippen molar-refractivity contribution in [3.8, 4) is 39.9 Å². The number of hydrogen-bond donors (Lipinski definition) is 0. The van der Waals surface area contributed by atoms with Crippen molar-refractivity contribution >= 4 is 44.4 Å². The lowest BCUT2D eigenvalue weighted by molar-refractivity contribution is 0.870. The zero-order valence-electron chi connectivity index (χ0n) is 31.4. The van der Waals surface area contributed by atoms with Crippen molar-refractivity contribution in [2.24, 2.45) is 0 Å². The van der Waals surface area contributed by atoms with Crippen LogP contribution in [0.2, 0.25) is 0 Å². The molecule has 0 unspecified atom stereocenters. The molecule has 0 spiro atoms. The summed E-state index contributed by atoms with van der Waals surface area (Å²) in [7, 11) is 0. The molecule has 6 nitrogen and oxygen atoms in total. The summed E-state index contributed by atoms with van der Waals surface area (Å²) in [5.41, 5.74) is 13.3. The second-order valence-corrected chi connectivity index (χ2v) is 14.0. The lowest BCUT2D eigenvalue weighted by Crippen LogP contribution is -2.11. The van der Waals surface area contributed by atoms with Crippen LogP contribution in [0.15, 0.2) is 200 Å². The summed E-state index contributed by atoms with van der Waals surface area (Å²) >= 11 is 0. The number of fused-ring (bicyclic) bond motifs is 3. The summed E-state index contributed by atoms with van der Waals surface area (Å²) < 4.78 is 7.02. The number of para-hydroxylation sites is 7. The van der Waals surface area contributed by atoms with E-state index < -0.39 is 0 Å². The fourth-order valence-electron chi connectivity index (χ4n) is 8.00. The SMILES string of the molecule is C/C=C\C(=C(/Cn1c(-c2ccccc2)nc2ccccc21)c1ccccc1-n1c(-c2ccccc2)nc2ccccc21)n1c(-c2ccccc2)nc2ccccc21. The second kappa shape index (κ2) is 14.6. The van der Waals surface area contributed by atoms with Gasteiger partial charge in [0.05, 0.1) is 51.0 Å². The predicted octanol–water partition coefficient (Wildman–Crippen LogP) is 12.4. The molecule has 0 amide bonds. The first-order valence-electron chi connectivity index (χ1n) is 19.3. The van der Waals surface area contributed by atoms with E-state index in [0.29, 0.717) is 6.54 Å². The molecule has 0 radical (unpaired) electrons. The van der Waals surface area contributed by atoms with Crippen molar-refractivity contribution in [1.82, 2.24) is 28.7 Å². The number of nitrogens with zero attached hydrogens (tertiary/aromatic N) is 6. The van der Waals surface area contributed by atoms with E-state index in [-0.39, 0.29) is 0 Å². The zero-order valence-corrected chi connectivity index (χ0v) is 31.4. The van der Waals surface area contributed by atoms with E-state index in [1.807, 2.05) is 6.07 Å². The average molecular weight is 735 g/mol. The van der Waals surface area contributed by atoms with Gasteiger partial charge in [-0.15, -0.1) is 0 Å². The van der Waals surface area contributed by atoms with Gasteiger partial charge in [0.15, 0.2) is 0 Å². The molecule has 10 aromatic rings. The zero-order chi connectivity index (χ0) is 38.1. The van der Waals surface area contributed by atoms with E-state index in [2.05, 4.69) is 215 Å². The van der Waals surface area contributed by atoms with Crippen molar-refractivity contribution in [1.29, 1.82) is 0 Å². The van der Waals surface area contributed by atoms with Gasteiger partial charge in [0.1, 0.15) is 17.5 Å². The van der Waals surface area contributed by atoms with E-state index in [1.54, 1.807) is 0 Å². The topological polar surface area (TPSA) is 53.5 Å². The molecule has 57 heavy (non-hydrogen) atoms. The normalized spacial score (nSPS) is 12.2. The first-order chi connectivity index (χ1) is 28.3. The maximum atomic E-state index is 5.30. The standard InChI is InChI=1S/C51H38N6/c1-2-20-44(56-47-33-18-14-29-42(47)53-50(56)37-23-8-4-9-24-37)40(35-55-46-32-17-13-28-41(46)52-49(55)36-21-6-3-7-22-36)39-27-12-16-31-45(39)57-48-34-19-15-30-43(48)54-51(57)38-25-10-5-11-26-38/h2-34H,35H2,1H3/b20-2-,44-40-. The molecule has 0 aliphatic rings. The van der Waals surface area contributed by atoms with Gasteiger partial charge in [-0.25, -0.2) is 15.0 Å². The summed E-state index contributed by atoms with van der Waals surface area (Å²) in [6.07, 6.45) is 4.37. The van der Waals surface area contributed by atoms with E-state index in [1.165, 1.54) is 0 Å². The van der Waals surface area contributed by atoms with Gasteiger partial charge in [-0.05, 0) is 55.5 Å². The molecule has 0 fully saturated rings. The molecule has 0 bridgehead atoms. The lowest BCUT2D eigenvalue weighted by atomic mass is 9.99. The molecular formula is C51H38N6. The fraction of sp³-hybridized carbons (Fsp3) is 0.0392. The van der Waals surface area contributed by atoms with Crippen molar-refractivity contribution in [2.45, 2.75) is 13.5 Å². The minimum absolute atomic E-state index is 0.509. The molecule has 10 rings (SSSR count). The quantitative estimate of drug-likeness (QED) is 0.139. The number of aromatic nitrogens is 6. The highest BCUT2D eigenvalue weighted by atomic mass is 15.1. The van der Waals surface area contributed by atoms with Crippen LogP contribution >= 0.6 is 0 Å². The van der Waals surface area contributed by atoms with Gasteiger partial charge in [-0.1, -0.05) is 152 Å². The Morgan fingerprint density at radius 2 is 0.912 bits per heavy atom. The Morgan fingerprint density at radius 3 is 1.56 bits per heavy atom. The number of rotatable bonds is 9. The summed E-state index contributed by atoms with van der Waals surface area (Å²) in [6, 6.07) is 65.4. The third-order valence-electron chi connectivity index (χ3n) is 10.5. The molecule has 0 aliphatic carbocycles. The monoisotopic (exact) mass is 734 g/mol. The van der Waals surface area contributed by atoms with Gasteiger partial charge < -0.3 is 4.57 Å². The molecule has 0 saturated heterocycles. The highest BCUT2D eigenvalue weighted by Gasteiger charge is 2.25. The Labute approximate surface area is 331 Å². The first-order valence-corrected chi connectivity index (χ1v) is 19.3. The van der Waals surface area contributed by atoms with Crippen LogP contribution in [0, 0.1) is 0 Å². The minimum Gasteiger partial charge on any atom is -0.319 e. The molecule has 6 heteroatoms. The van der Waals surface area contributed by atoms with E-state index in [0.717, 1.165) is 89.8 Å². The number of imidazole rings is 3. The van der Waals surface area contributed by atoms with Crippen LogP contribution in [0.4, 0.5) is 0 Å². The van der Waals surface area contributed by atoms with Crippen molar-refractivity contribution in [3.63, 3.8) is 0 Å². The minimum atomic E-state index is 0.509. The number of benzene rings is 7. The Balaban J connectivity index is 1.34. The summed E-state index contributed by atoms with van der Waals surface area (Å²) in [5.74, 6) is 2.66. The Kier molecular flexibility index (Phi) is 8.69. The average Bonchev–Trinajstić information content (AvgIpc) is 3.98. The fourth-order valence-corrected chi connectivity index (χ4v) is 8.00. The molecule has 0 aliphatic heterocycles. The first kappa shape index (κ1) is 34.0. The maximum absolute atomic E-state index is 5.30. The van der Waals surface area contributed by atoms with Crippen LogP contribution in [-0.4, -0.2) is 28.7 Å². The number of hydrogen-bond acceptors (Lipinski definition) is 3. The van der Waals surface area contributed by atoms with Gasteiger partial charge in [0.25, 0.3) is 0 Å². The van der Waals surface area contributed by atoms with Crippen molar-refractivity contribution in [3.05, 3.63) is 206 Å². The Hall–Kier alpha value is -7.57. The lowest BCUT2D eigenvalue weighted by Gasteiger charge is -2.23. The van der Waals surface area contributed by atoms with Gasteiger partial charge in [0, 0.05) is 27.8 Å². The second-order valence-electron chi connectivity index (χ2n) is 14.0. The molecule has 0 N–H and O–H groups in total. The van der Waals surface area contributed by atoms with Gasteiger partial charge in [-0.3, -0.25) is 9.13 Å². The maximum Gasteiger partial charge on any atom is 0.145 e. The molecule has 272 valence electrons. The van der Waals surface area contributed by atoms with Crippen molar-refractivity contribution < 1.29 is 0 Å². The van der Waals surface area contributed by atoms with Crippen LogP contribution in [0.3, 0.4) is 0 Å². The van der Waals surface area contributed by atoms with Crippen LogP contribution < -0.4 is 0 Å². The predicted molar refractivity (Wildman–Crippen MR) is 235 cm³/mol. The summed E-state index contributed by atoms with van der Waals surface area (Å²) in [5, 5.41) is 0. The summed E-state index contributed by atoms with van der Waals surface area (Å²) in [4.78, 5) is 15.8. The van der Waals surface area contributed by atoms with Crippen LogP contribution in [0.1, 0.15) is 12.5 Å².